The number of hydrogen-bond donors (Lipinski definition) is 2. The Morgan fingerprint density at radius 3 is 2.76 bits per heavy atom. The van der Waals surface area contributed by atoms with Crippen LogP contribution < -0.4 is 10.6 Å². The molecule has 1 aliphatic heterocycles. The number of aromatic nitrogens is 1. The summed E-state index contributed by atoms with van der Waals surface area (Å²) in [7, 11) is 1.65. The van der Waals surface area contributed by atoms with Crippen LogP contribution >= 0.6 is 11.3 Å². The number of alkyl halides is 3. The lowest BCUT2D eigenvalue weighted by molar-refractivity contribution is -0.140. The molecule has 1 aromatic heterocycles. The molecule has 1 atom stereocenters. The number of rotatable bonds is 7. The Morgan fingerprint density at radius 2 is 2.07 bits per heavy atom. The number of nitrogens with zero attached hydrogens (tertiary/aromatic N) is 3. The molecule has 0 radical (unpaired) electrons. The van der Waals surface area contributed by atoms with E-state index in [0.717, 1.165) is 55.7 Å². The second kappa shape index (κ2) is 10.1. The van der Waals surface area contributed by atoms with Gasteiger partial charge in [-0.3, -0.25) is 4.99 Å². The largest absolute Gasteiger partial charge is 0.434 e. The zero-order valence-electron chi connectivity index (χ0n) is 16.4. The molecule has 0 amide bonds. The van der Waals surface area contributed by atoms with Gasteiger partial charge in [-0.25, -0.2) is 4.98 Å². The lowest BCUT2D eigenvalue weighted by Crippen LogP contribution is -2.40. The fraction of sp³-hybridized carbons (Fsp3) is 0.500. The van der Waals surface area contributed by atoms with Gasteiger partial charge < -0.3 is 15.5 Å². The molecular formula is C20H26F3N5S. The highest BCUT2D eigenvalue weighted by Gasteiger charge is 2.33. The van der Waals surface area contributed by atoms with Crippen molar-refractivity contribution in [3.63, 3.8) is 0 Å². The van der Waals surface area contributed by atoms with Gasteiger partial charge in [0.25, 0.3) is 0 Å². The summed E-state index contributed by atoms with van der Waals surface area (Å²) in [5.74, 6) is 1.11. The lowest BCUT2D eigenvalue weighted by Gasteiger charge is -2.17. The standard InChI is InChI=1S/C20H26F3N5S/c1-24-19(26-12-18-27-17(14-29-18)20(21,22)23)25-11-16-8-10-28(13-16)9-7-15-5-3-2-4-6-15/h2-6,14,16H,7-13H2,1H3,(H2,24,25,26). The van der Waals surface area contributed by atoms with Crippen LogP contribution in [0.4, 0.5) is 13.2 Å². The third-order valence-corrected chi connectivity index (χ3v) is 5.81. The van der Waals surface area contributed by atoms with E-state index in [2.05, 4.69) is 49.8 Å². The van der Waals surface area contributed by atoms with Gasteiger partial charge in [-0.15, -0.1) is 11.3 Å². The molecule has 158 valence electrons. The summed E-state index contributed by atoms with van der Waals surface area (Å²) >= 11 is 0.993. The minimum atomic E-state index is -4.40. The van der Waals surface area contributed by atoms with Crippen molar-refractivity contribution in [1.82, 2.24) is 20.5 Å². The zero-order valence-corrected chi connectivity index (χ0v) is 17.2. The van der Waals surface area contributed by atoms with E-state index in [1.54, 1.807) is 7.05 Å². The summed E-state index contributed by atoms with van der Waals surface area (Å²) < 4.78 is 37.9. The van der Waals surface area contributed by atoms with E-state index >= 15 is 0 Å². The number of benzene rings is 1. The normalized spacial score (nSPS) is 18.2. The third-order valence-electron chi connectivity index (χ3n) is 4.96. The molecule has 0 saturated carbocycles. The number of hydrogen-bond acceptors (Lipinski definition) is 4. The Labute approximate surface area is 173 Å². The summed E-state index contributed by atoms with van der Waals surface area (Å²) in [6.07, 6.45) is -2.22. The molecule has 0 bridgehead atoms. The second-order valence-corrected chi connectivity index (χ2v) is 8.06. The molecular weight excluding hydrogens is 399 g/mol. The molecule has 9 heteroatoms. The minimum Gasteiger partial charge on any atom is -0.356 e. The molecule has 1 fully saturated rings. The lowest BCUT2D eigenvalue weighted by atomic mass is 10.1. The molecule has 2 N–H and O–H groups in total. The highest BCUT2D eigenvalue weighted by atomic mass is 32.1. The summed E-state index contributed by atoms with van der Waals surface area (Å²) in [5, 5.41) is 7.74. The quantitative estimate of drug-likeness (QED) is 0.528. The highest BCUT2D eigenvalue weighted by Crippen LogP contribution is 2.29. The van der Waals surface area contributed by atoms with E-state index in [4.69, 9.17) is 0 Å². The van der Waals surface area contributed by atoms with Crippen LogP contribution in [0.25, 0.3) is 0 Å². The summed E-state index contributed by atoms with van der Waals surface area (Å²) in [6.45, 7) is 4.18. The second-order valence-electron chi connectivity index (χ2n) is 7.12. The number of guanidine groups is 1. The summed E-state index contributed by atoms with van der Waals surface area (Å²) in [4.78, 5) is 10.2. The van der Waals surface area contributed by atoms with E-state index in [9.17, 15) is 13.2 Å². The van der Waals surface area contributed by atoms with Gasteiger partial charge >= 0.3 is 6.18 Å². The predicted octanol–water partition coefficient (Wildman–Crippen LogP) is 3.39. The van der Waals surface area contributed by atoms with Gasteiger partial charge in [0, 0.05) is 32.1 Å². The van der Waals surface area contributed by atoms with Crippen LogP contribution in [-0.2, 0) is 19.1 Å². The van der Waals surface area contributed by atoms with E-state index in [0.29, 0.717) is 16.9 Å². The van der Waals surface area contributed by atoms with Crippen LogP contribution in [0.5, 0.6) is 0 Å². The Balaban J connectivity index is 1.37. The van der Waals surface area contributed by atoms with E-state index < -0.39 is 11.9 Å². The first-order valence-corrected chi connectivity index (χ1v) is 10.5. The Kier molecular flexibility index (Phi) is 7.49. The van der Waals surface area contributed by atoms with Crippen LogP contribution in [-0.4, -0.2) is 49.1 Å². The minimum absolute atomic E-state index is 0.217. The number of likely N-dealkylation sites (tertiary alicyclic amines) is 1. The molecule has 1 aromatic carbocycles. The number of aliphatic imine (C=N–C) groups is 1. The van der Waals surface area contributed by atoms with Gasteiger partial charge in [0.2, 0.25) is 0 Å². The first-order chi connectivity index (χ1) is 13.9. The van der Waals surface area contributed by atoms with Crippen molar-refractivity contribution in [2.24, 2.45) is 10.9 Å². The topological polar surface area (TPSA) is 52.6 Å². The van der Waals surface area contributed by atoms with Crippen LogP contribution in [0.1, 0.15) is 22.7 Å². The van der Waals surface area contributed by atoms with Gasteiger partial charge in [0.1, 0.15) is 5.01 Å². The molecule has 2 aromatic rings. The first-order valence-electron chi connectivity index (χ1n) is 9.66. The van der Waals surface area contributed by atoms with Crippen LogP contribution in [0.2, 0.25) is 0 Å². The van der Waals surface area contributed by atoms with Crippen molar-refractivity contribution < 1.29 is 13.2 Å². The molecule has 0 spiro atoms. The maximum absolute atomic E-state index is 12.6. The smallest absolute Gasteiger partial charge is 0.356 e. The van der Waals surface area contributed by atoms with Crippen molar-refractivity contribution in [1.29, 1.82) is 0 Å². The molecule has 2 heterocycles. The van der Waals surface area contributed by atoms with E-state index in [-0.39, 0.29) is 6.54 Å². The van der Waals surface area contributed by atoms with Gasteiger partial charge in [0.15, 0.2) is 11.7 Å². The van der Waals surface area contributed by atoms with Crippen molar-refractivity contribution in [2.45, 2.75) is 25.6 Å². The molecule has 5 nitrogen and oxygen atoms in total. The van der Waals surface area contributed by atoms with E-state index in [1.807, 2.05) is 6.07 Å². The predicted molar refractivity (Wildman–Crippen MR) is 110 cm³/mol. The Hall–Kier alpha value is -2.13. The average molecular weight is 426 g/mol. The monoisotopic (exact) mass is 425 g/mol. The Morgan fingerprint density at radius 1 is 1.28 bits per heavy atom. The SMILES string of the molecule is CN=C(NCc1nc(C(F)(F)F)cs1)NCC1CCN(CCc2ccccc2)C1. The maximum atomic E-state index is 12.6. The van der Waals surface area contributed by atoms with Crippen LogP contribution in [0, 0.1) is 5.92 Å². The van der Waals surface area contributed by atoms with Crippen molar-refractivity contribution in [3.05, 3.63) is 52.0 Å². The summed E-state index contributed by atoms with van der Waals surface area (Å²) in [6, 6.07) is 10.5. The molecule has 0 aliphatic carbocycles. The van der Waals surface area contributed by atoms with Crippen LogP contribution in [0.3, 0.4) is 0 Å². The third kappa shape index (κ3) is 6.71. The van der Waals surface area contributed by atoms with Crippen molar-refractivity contribution in [2.75, 3.05) is 33.2 Å². The van der Waals surface area contributed by atoms with Gasteiger partial charge in [-0.1, -0.05) is 30.3 Å². The first kappa shape index (κ1) is 21.6. The highest BCUT2D eigenvalue weighted by molar-refractivity contribution is 7.09. The molecule has 1 unspecified atom stereocenters. The van der Waals surface area contributed by atoms with Crippen molar-refractivity contribution >= 4 is 17.3 Å². The van der Waals surface area contributed by atoms with Crippen molar-refractivity contribution in [3.8, 4) is 0 Å². The van der Waals surface area contributed by atoms with Crippen LogP contribution in [0.15, 0.2) is 40.7 Å². The fourth-order valence-corrected chi connectivity index (χ4v) is 4.10. The number of halogens is 3. The zero-order chi connectivity index (χ0) is 20.7. The number of nitrogens with one attached hydrogen (secondary N) is 2. The van der Waals surface area contributed by atoms with E-state index in [1.165, 1.54) is 5.56 Å². The Bertz CT molecular complexity index is 791. The molecule has 3 rings (SSSR count). The van der Waals surface area contributed by atoms with Gasteiger partial charge in [0.05, 0.1) is 6.54 Å². The summed E-state index contributed by atoms with van der Waals surface area (Å²) in [5.41, 5.74) is 0.512. The average Bonchev–Trinajstić information content (AvgIpc) is 3.37. The molecule has 29 heavy (non-hydrogen) atoms. The van der Waals surface area contributed by atoms with Gasteiger partial charge in [-0.05, 0) is 30.9 Å². The molecule has 1 saturated heterocycles. The number of thiazole rings is 1. The maximum Gasteiger partial charge on any atom is 0.434 e. The van der Waals surface area contributed by atoms with Gasteiger partial charge in [-0.2, -0.15) is 13.2 Å². The molecule has 1 aliphatic rings. The fourth-order valence-electron chi connectivity index (χ4n) is 3.36.